The average Bonchev–Trinajstić information content (AvgIpc) is 3.21. The largest absolute Gasteiger partial charge is 0.507 e. The van der Waals surface area contributed by atoms with Gasteiger partial charge < -0.3 is 14.6 Å². The minimum atomic E-state index is -1.22. The molecule has 1 aliphatic heterocycles. The fraction of sp³-hybridized carbons (Fsp3) is 0. The van der Waals surface area contributed by atoms with Crippen molar-refractivity contribution in [3.8, 4) is 17.1 Å². The number of benzene rings is 2. The van der Waals surface area contributed by atoms with Crippen LogP contribution in [0.15, 0.2) is 68.8 Å². The minimum absolute atomic E-state index is 0.0404. The summed E-state index contributed by atoms with van der Waals surface area (Å²) in [5.41, 5.74) is 1.01. The van der Waals surface area contributed by atoms with Crippen molar-refractivity contribution in [1.29, 1.82) is 0 Å². The third-order valence-corrected chi connectivity index (χ3v) is 5.09. The highest BCUT2D eigenvalue weighted by Crippen LogP contribution is 2.41. The van der Waals surface area contributed by atoms with Gasteiger partial charge in [-0.3, -0.25) is 4.79 Å². The SMILES string of the molecule is O=C(O)c1cc(-c2ccc(/C=C3/Sc4ccccc4C3=O)o2)ccc1O. The smallest absolute Gasteiger partial charge is 0.339 e. The highest BCUT2D eigenvalue weighted by Gasteiger charge is 2.25. The number of carboxylic acid groups (broad SMARTS) is 1. The van der Waals surface area contributed by atoms with Crippen molar-refractivity contribution in [2.45, 2.75) is 4.90 Å². The Balaban J connectivity index is 1.65. The van der Waals surface area contributed by atoms with Gasteiger partial charge in [0.2, 0.25) is 5.78 Å². The highest BCUT2D eigenvalue weighted by molar-refractivity contribution is 8.04. The second-order valence-corrected chi connectivity index (χ2v) is 6.76. The number of hydrogen-bond acceptors (Lipinski definition) is 5. The summed E-state index contributed by atoms with van der Waals surface area (Å²) >= 11 is 1.39. The van der Waals surface area contributed by atoms with Crippen LogP contribution in [0.3, 0.4) is 0 Å². The van der Waals surface area contributed by atoms with Gasteiger partial charge in [0, 0.05) is 16.0 Å². The van der Waals surface area contributed by atoms with Crippen LogP contribution in [0, 0.1) is 0 Å². The van der Waals surface area contributed by atoms with E-state index in [1.165, 1.54) is 23.9 Å². The predicted octanol–water partition coefficient (Wildman–Crippen LogP) is 4.68. The second kappa shape index (κ2) is 6.24. The fourth-order valence-electron chi connectivity index (χ4n) is 2.71. The molecule has 0 radical (unpaired) electrons. The first kappa shape index (κ1) is 16.2. The van der Waals surface area contributed by atoms with Gasteiger partial charge in [-0.25, -0.2) is 4.79 Å². The van der Waals surface area contributed by atoms with Gasteiger partial charge in [-0.1, -0.05) is 23.9 Å². The van der Waals surface area contributed by atoms with Gasteiger partial charge in [0.05, 0.1) is 4.91 Å². The number of carbonyl (C=O) groups excluding carboxylic acids is 1. The molecule has 0 saturated heterocycles. The molecule has 0 amide bonds. The molecule has 0 saturated carbocycles. The summed E-state index contributed by atoms with van der Waals surface area (Å²) in [6.45, 7) is 0. The number of carboxylic acids is 1. The molecule has 1 aliphatic rings. The van der Waals surface area contributed by atoms with Crippen LogP contribution in [0.5, 0.6) is 5.75 Å². The Morgan fingerprint density at radius 2 is 1.88 bits per heavy atom. The molecule has 2 heterocycles. The van der Waals surface area contributed by atoms with Crippen molar-refractivity contribution >= 4 is 29.6 Å². The molecule has 26 heavy (non-hydrogen) atoms. The molecule has 4 rings (SSSR count). The summed E-state index contributed by atoms with van der Waals surface area (Å²) < 4.78 is 5.74. The van der Waals surface area contributed by atoms with Gasteiger partial charge in [-0.2, -0.15) is 0 Å². The van der Waals surface area contributed by atoms with Crippen molar-refractivity contribution < 1.29 is 24.2 Å². The molecule has 0 fully saturated rings. The Morgan fingerprint density at radius 3 is 2.65 bits per heavy atom. The van der Waals surface area contributed by atoms with Crippen LogP contribution in [0.1, 0.15) is 26.5 Å². The molecule has 0 aliphatic carbocycles. The lowest BCUT2D eigenvalue weighted by atomic mass is 10.1. The van der Waals surface area contributed by atoms with E-state index in [2.05, 4.69) is 0 Å². The summed E-state index contributed by atoms with van der Waals surface area (Å²) in [5.74, 6) is -0.618. The Kier molecular flexibility index (Phi) is 3.89. The van der Waals surface area contributed by atoms with E-state index in [1.807, 2.05) is 18.2 Å². The van der Waals surface area contributed by atoms with Crippen molar-refractivity contribution in [3.05, 3.63) is 76.4 Å². The predicted molar refractivity (Wildman–Crippen MR) is 97.4 cm³/mol. The molecular formula is C20H12O5S. The Labute approximate surface area is 152 Å². The van der Waals surface area contributed by atoms with Crippen LogP contribution >= 0.6 is 11.8 Å². The number of phenols is 1. The molecular weight excluding hydrogens is 352 g/mol. The number of rotatable bonds is 3. The fourth-order valence-corrected chi connectivity index (χ4v) is 3.74. The van der Waals surface area contributed by atoms with E-state index < -0.39 is 5.97 Å². The first-order chi connectivity index (χ1) is 12.5. The Hall–Kier alpha value is -3.25. The molecule has 3 aromatic rings. The van der Waals surface area contributed by atoms with Gasteiger partial charge in [-0.05, 0) is 48.5 Å². The number of aromatic carboxylic acids is 1. The van der Waals surface area contributed by atoms with Gasteiger partial charge >= 0.3 is 5.97 Å². The van der Waals surface area contributed by atoms with Crippen LogP contribution in [0.4, 0.5) is 0 Å². The Bertz CT molecular complexity index is 1080. The molecule has 1 aromatic heterocycles. The molecule has 6 heteroatoms. The number of fused-ring (bicyclic) bond motifs is 1. The number of aromatic hydroxyl groups is 1. The highest BCUT2D eigenvalue weighted by atomic mass is 32.2. The number of ketones is 1. The zero-order valence-corrected chi connectivity index (χ0v) is 14.1. The van der Waals surface area contributed by atoms with Crippen LogP contribution in [-0.4, -0.2) is 22.0 Å². The topological polar surface area (TPSA) is 87.7 Å². The molecule has 2 N–H and O–H groups in total. The Morgan fingerprint density at radius 1 is 1.08 bits per heavy atom. The van der Waals surface area contributed by atoms with Crippen LogP contribution in [-0.2, 0) is 0 Å². The van der Waals surface area contributed by atoms with Gasteiger partial charge in [0.15, 0.2) is 0 Å². The number of Topliss-reactive ketones (excluding diaryl/α,β-unsaturated/α-hetero) is 1. The lowest BCUT2D eigenvalue weighted by Gasteiger charge is -2.02. The maximum absolute atomic E-state index is 12.4. The summed E-state index contributed by atoms with van der Waals surface area (Å²) in [6.07, 6.45) is 1.68. The normalized spacial score (nSPS) is 14.6. The zero-order chi connectivity index (χ0) is 18.3. The first-order valence-electron chi connectivity index (χ1n) is 7.73. The number of thioether (sulfide) groups is 1. The molecule has 128 valence electrons. The van der Waals surface area contributed by atoms with Crippen molar-refractivity contribution in [1.82, 2.24) is 0 Å². The van der Waals surface area contributed by atoms with Crippen LogP contribution in [0.25, 0.3) is 17.4 Å². The van der Waals surface area contributed by atoms with E-state index in [-0.39, 0.29) is 17.1 Å². The van der Waals surface area contributed by atoms with Crippen molar-refractivity contribution in [2.75, 3.05) is 0 Å². The molecule has 2 aromatic carbocycles. The van der Waals surface area contributed by atoms with Gasteiger partial charge in [0.1, 0.15) is 22.8 Å². The summed E-state index contributed by atoms with van der Waals surface area (Å²) in [4.78, 5) is 25.0. The molecule has 0 spiro atoms. The monoisotopic (exact) mass is 364 g/mol. The molecule has 0 bridgehead atoms. The quantitative estimate of drug-likeness (QED) is 0.656. The average molecular weight is 364 g/mol. The van der Waals surface area contributed by atoms with E-state index in [9.17, 15) is 14.7 Å². The van der Waals surface area contributed by atoms with Crippen LogP contribution in [0.2, 0.25) is 0 Å². The lowest BCUT2D eigenvalue weighted by Crippen LogP contribution is -1.96. The van der Waals surface area contributed by atoms with Gasteiger partial charge in [-0.15, -0.1) is 0 Å². The van der Waals surface area contributed by atoms with Gasteiger partial charge in [0.25, 0.3) is 0 Å². The van der Waals surface area contributed by atoms with E-state index in [4.69, 9.17) is 9.52 Å². The summed E-state index contributed by atoms with van der Waals surface area (Å²) in [5, 5.41) is 18.7. The lowest BCUT2D eigenvalue weighted by molar-refractivity contribution is 0.0693. The molecule has 5 nitrogen and oxygen atoms in total. The van der Waals surface area contributed by atoms with Crippen molar-refractivity contribution in [2.24, 2.45) is 0 Å². The molecule has 0 atom stereocenters. The number of hydrogen-bond donors (Lipinski definition) is 2. The zero-order valence-electron chi connectivity index (χ0n) is 13.3. The van der Waals surface area contributed by atoms with Crippen molar-refractivity contribution in [3.63, 3.8) is 0 Å². The van der Waals surface area contributed by atoms with E-state index >= 15 is 0 Å². The third kappa shape index (κ3) is 2.80. The minimum Gasteiger partial charge on any atom is -0.507 e. The first-order valence-corrected chi connectivity index (χ1v) is 8.54. The number of carbonyl (C=O) groups is 2. The number of allylic oxidation sites excluding steroid dienone is 1. The van der Waals surface area contributed by atoms with Crippen LogP contribution < -0.4 is 0 Å². The summed E-state index contributed by atoms with van der Waals surface area (Å²) in [6, 6.07) is 15.1. The van der Waals surface area contributed by atoms with E-state index in [0.717, 1.165) is 4.90 Å². The maximum Gasteiger partial charge on any atom is 0.339 e. The maximum atomic E-state index is 12.4. The van der Waals surface area contributed by atoms with E-state index in [0.29, 0.717) is 27.6 Å². The molecule has 0 unspecified atom stereocenters. The third-order valence-electron chi connectivity index (χ3n) is 3.99. The number of furan rings is 1. The van der Waals surface area contributed by atoms with E-state index in [1.54, 1.807) is 30.3 Å². The summed E-state index contributed by atoms with van der Waals surface area (Å²) in [7, 11) is 0. The second-order valence-electron chi connectivity index (χ2n) is 5.68. The standard InChI is InChI=1S/C20H12O5S/c21-15-7-5-11(9-14(15)20(23)24)16-8-6-12(25-16)10-18-19(22)13-3-1-2-4-17(13)26-18/h1-10,21H,(H,23,24)/b18-10+.